The summed E-state index contributed by atoms with van der Waals surface area (Å²) in [4.78, 5) is 16.3. The Morgan fingerprint density at radius 2 is 2.22 bits per heavy atom. The van der Waals surface area contributed by atoms with Gasteiger partial charge in [-0.05, 0) is 23.6 Å². The number of hydrogen-bond acceptors (Lipinski definition) is 3. The normalized spacial score (nSPS) is 12.4. The van der Waals surface area contributed by atoms with Crippen molar-refractivity contribution in [3.05, 3.63) is 53.1 Å². The molecule has 1 unspecified atom stereocenters. The van der Waals surface area contributed by atoms with Gasteiger partial charge in [0.2, 0.25) is 5.91 Å². The van der Waals surface area contributed by atoms with Crippen LogP contribution in [0.1, 0.15) is 25.2 Å². The van der Waals surface area contributed by atoms with Crippen LogP contribution in [0.25, 0.3) is 0 Å². The molecular weight excluding hydrogens is 314 g/mol. The molecule has 0 spiro atoms. The number of aliphatic hydroxyl groups excluding tert-OH is 1. The van der Waals surface area contributed by atoms with Crippen molar-refractivity contribution in [2.45, 2.75) is 39.5 Å². The first-order valence-electron chi connectivity index (χ1n) is 7.66. The van der Waals surface area contributed by atoms with Crippen molar-refractivity contribution in [2.24, 2.45) is 5.92 Å². The van der Waals surface area contributed by atoms with Crippen LogP contribution in [-0.2, 0) is 24.3 Å². The predicted octanol–water partition coefficient (Wildman–Crippen LogP) is 2.41. The number of aliphatic hydroxyl groups is 1. The van der Waals surface area contributed by atoms with Gasteiger partial charge in [0.1, 0.15) is 11.9 Å². The molecule has 1 amide bonds. The molecule has 0 fully saturated rings. The van der Waals surface area contributed by atoms with E-state index in [9.17, 15) is 9.90 Å². The Morgan fingerprint density at radius 3 is 2.91 bits per heavy atom. The number of rotatable bonds is 7. The molecular formula is C17H22ClN3O2. The second-order valence-corrected chi connectivity index (χ2v) is 6.39. The van der Waals surface area contributed by atoms with E-state index in [-0.39, 0.29) is 6.42 Å². The number of nitrogens with zero attached hydrogens (tertiary/aromatic N) is 2. The summed E-state index contributed by atoms with van der Waals surface area (Å²) in [6, 6.07) is 7.13. The van der Waals surface area contributed by atoms with Crippen LogP contribution in [0.5, 0.6) is 0 Å². The molecule has 0 saturated heterocycles. The molecule has 2 rings (SSSR count). The lowest BCUT2D eigenvalue weighted by Crippen LogP contribution is -2.36. The molecule has 124 valence electrons. The third-order valence-electron chi connectivity index (χ3n) is 3.41. The maximum Gasteiger partial charge on any atom is 0.249 e. The molecule has 0 aliphatic carbocycles. The van der Waals surface area contributed by atoms with Gasteiger partial charge < -0.3 is 15.0 Å². The number of aromatic nitrogens is 2. The van der Waals surface area contributed by atoms with Crippen LogP contribution in [0.2, 0.25) is 5.02 Å². The van der Waals surface area contributed by atoms with Gasteiger partial charge in [-0.25, -0.2) is 4.98 Å². The molecule has 2 aromatic rings. The highest BCUT2D eigenvalue weighted by Crippen LogP contribution is 2.12. The van der Waals surface area contributed by atoms with Gasteiger partial charge in [0.25, 0.3) is 0 Å². The Bertz CT molecular complexity index is 655. The molecule has 0 aliphatic heterocycles. The van der Waals surface area contributed by atoms with Crippen molar-refractivity contribution in [1.29, 1.82) is 0 Å². The lowest BCUT2D eigenvalue weighted by atomic mass is 10.1. The zero-order chi connectivity index (χ0) is 16.8. The van der Waals surface area contributed by atoms with E-state index in [0.29, 0.717) is 17.5 Å². The summed E-state index contributed by atoms with van der Waals surface area (Å²) in [6.45, 7) is 5.38. The zero-order valence-electron chi connectivity index (χ0n) is 13.4. The fourth-order valence-corrected chi connectivity index (χ4v) is 2.54. The molecule has 0 aliphatic rings. The molecule has 1 aromatic carbocycles. The largest absolute Gasteiger partial charge is 0.383 e. The second kappa shape index (κ2) is 8.13. The van der Waals surface area contributed by atoms with Crippen molar-refractivity contribution in [3.63, 3.8) is 0 Å². The van der Waals surface area contributed by atoms with E-state index in [1.807, 2.05) is 16.8 Å². The van der Waals surface area contributed by atoms with Gasteiger partial charge in [-0.3, -0.25) is 4.79 Å². The Balaban J connectivity index is 1.88. The van der Waals surface area contributed by atoms with E-state index in [4.69, 9.17) is 11.6 Å². The molecule has 2 N–H and O–H groups in total. The summed E-state index contributed by atoms with van der Waals surface area (Å²) in [5.74, 6) is 0.859. The molecule has 1 heterocycles. The van der Waals surface area contributed by atoms with Crippen LogP contribution in [-0.4, -0.2) is 26.7 Å². The number of halogens is 1. The minimum absolute atomic E-state index is 0.229. The van der Waals surface area contributed by atoms with E-state index in [0.717, 1.165) is 17.9 Å². The third-order valence-corrected chi connectivity index (χ3v) is 3.64. The standard InChI is InChI=1S/C17H22ClN3O2/c1-12(2)11-21-7-6-19-16(21)10-20-17(23)15(22)9-13-4-3-5-14(18)8-13/h3-8,12,15,22H,9-11H2,1-2H3,(H,20,23). The van der Waals surface area contributed by atoms with Crippen molar-refractivity contribution in [3.8, 4) is 0 Å². The highest BCUT2D eigenvalue weighted by Gasteiger charge is 2.16. The molecule has 1 aromatic heterocycles. The monoisotopic (exact) mass is 335 g/mol. The Hall–Kier alpha value is -1.85. The van der Waals surface area contributed by atoms with Crippen molar-refractivity contribution in [2.75, 3.05) is 0 Å². The number of carbonyl (C=O) groups excluding carboxylic acids is 1. The maximum absolute atomic E-state index is 12.0. The Kier molecular flexibility index (Phi) is 6.19. The van der Waals surface area contributed by atoms with Crippen molar-refractivity contribution < 1.29 is 9.90 Å². The van der Waals surface area contributed by atoms with Gasteiger partial charge in [-0.2, -0.15) is 0 Å². The Labute approximate surface area is 141 Å². The smallest absolute Gasteiger partial charge is 0.249 e. The highest BCUT2D eigenvalue weighted by atomic mass is 35.5. The van der Waals surface area contributed by atoms with Gasteiger partial charge in [-0.1, -0.05) is 37.6 Å². The van der Waals surface area contributed by atoms with Crippen LogP contribution in [0.3, 0.4) is 0 Å². The first kappa shape index (κ1) is 17.5. The van der Waals surface area contributed by atoms with Crippen LogP contribution < -0.4 is 5.32 Å². The lowest BCUT2D eigenvalue weighted by Gasteiger charge is -2.13. The highest BCUT2D eigenvalue weighted by molar-refractivity contribution is 6.30. The number of carbonyl (C=O) groups is 1. The molecule has 0 saturated carbocycles. The first-order chi connectivity index (χ1) is 11.0. The molecule has 6 heteroatoms. The summed E-state index contributed by atoms with van der Waals surface area (Å²) < 4.78 is 2.01. The number of benzene rings is 1. The summed E-state index contributed by atoms with van der Waals surface area (Å²) in [6.07, 6.45) is 2.73. The van der Waals surface area contributed by atoms with Gasteiger partial charge in [0.15, 0.2) is 0 Å². The summed E-state index contributed by atoms with van der Waals surface area (Å²) >= 11 is 5.90. The quantitative estimate of drug-likeness (QED) is 0.816. The summed E-state index contributed by atoms with van der Waals surface area (Å²) in [7, 11) is 0. The van der Waals surface area contributed by atoms with Crippen LogP contribution >= 0.6 is 11.6 Å². The minimum atomic E-state index is -1.11. The topological polar surface area (TPSA) is 67.2 Å². The average Bonchev–Trinajstić information content (AvgIpc) is 2.91. The van der Waals surface area contributed by atoms with Crippen LogP contribution in [0, 0.1) is 5.92 Å². The molecule has 23 heavy (non-hydrogen) atoms. The van der Waals surface area contributed by atoms with E-state index < -0.39 is 12.0 Å². The van der Waals surface area contributed by atoms with E-state index in [2.05, 4.69) is 24.1 Å². The van der Waals surface area contributed by atoms with E-state index in [1.165, 1.54) is 0 Å². The van der Waals surface area contributed by atoms with E-state index in [1.54, 1.807) is 24.4 Å². The number of amides is 1. The van der Waals surface area contributed by atoms with Gasteiger partial charge in [0, 0.05) is 30.4 Å². The van der Waals surface area contributed by atoms with Crippen molar-refractivity contribution in [1.82, 2.24) is 14.9 Å². The summed E-state index contributed by atoms with van der Waals surface area (Å²) in [5, 5.41) is 13.3. The zero-order valence-corrected chi connectivity index (χ0v) is 14.1. The molecule has 1 atom stereocenters. The number of nitrogens with one attached hydrogen (secondary N) is 1. The van der Waals surface area contributed by atoms with E-state index >= 15 is 0 Å². The van der Waals surface area contributed by atoms with Gasteiger partial charge in [-0.15, -0.1) is 0 Å². The van der Waals surface area contributed by atoms with Gasteiger partial charge in [0.05, 0.1) is 6.54 Å². The van der Waals surface area contributed by atoms with Crippen LogP contribution in [0.4, 0.5) is 0 Å². The van der Waals surface area contributed by atoms with Crippen molar-refractivity contribution >= 4 is 17.5 Å². The average molecular weight is 336 g/mol. The first-order valence-corrected chi connectivity index (χ1v) is 8.03. The molecule has 5 nitrogen and oxygen atoms in total. The predicted molar refractivity (Wildman–Crippen MR) is 90.1 cm³/mol. The SMILES string of the molecule is CC(C)Cn1ccnc1CNC(=O)C(O)Cc1cccc(Cl)c1. The third kappa shape index (κ3) is 5.37. The number of imidazole rings is 1. The number of hydrogen-bond donors (Lipinski definition) is 2. The maximum atomic E-state index is 12.0. The van der Waals surface area contributed by atoms with Gasteiger partial charge >= 0.3 is 0 Å². The molecule has 0 radical (unpaired) electrons. The summed E-state index contributed by atoms with van der Waals surface area (Å²) in [5.41, 5.74) is 0.821. The van der Waals surface area contributed by atoms with Crippen LogP contribution in [0.15, 0.2) is 36.7 Å². The molecule has 0 bridgehead atoms. The fourth-order valence-electron chi connectivity index (χ4n) is 2.33. The fraction of sp³-hybridized carbons (Fsp3) is 0.412. The minimum Gasteiger partial charge on any atom is -0.383 e. The lowest BCUT2D eigenvalue weighted by molar-refractivity contribution is -0.129. The Morgan fingerprint density at radius 1 is 1.43 bits per heavy atom. The second-order valence-electron chi connectivity index (χ2n) is 5.96.